The zero-order chi connectivity index (χ0) is 21.1. The van der Waals surface area contributed by atoms with Crippen LogP contribution < -0.4 is 5.32 Å². The van der Waals surface area contributed by atoms with Crippen LogP contribution in [0.15, 0.2) is 59.5 Å². The third kappa shape index (κ3) is 7.75. The number of halogens is 1. The van der Waals surface area contributed by atoms with E-state index in [1.54, 1.807) is 16.7 Å². The predicted molar refractivity (Wildman–Crippen MR) is 121 cm³/mol. The lowest BCUT2D eigenvalue weighted by Crippen LogP contribution is -2.50. The zero-order valence-corrected chi connectivity index (χ0v) is 18.6. The number of thioether (sulfide) groups is 1. The number of carbonyl (C=O) groups excluding carboxylic acids is 2. The van der Waals surface area contributed by atoms with E-state index in [-0.39, 0.29) is 11.8 Å². The molecule has 0 aliphatic carbocycles. The SMILES string of the molecule is CCNC(=O)[C@@H](CC)N(CCc1ccccc1)C(=O)CCSc1ccc(Cl)cc1. The lowest BCUT2D eigenvalue weighted by atomic mass is 10.1. The largest absolute Gasteiger partial charge is 0.355 e. The second-order valence-corrected chi connectivity index (χ2v) is 8.30. The highest BCUT2D eigenvalue weighted by Gasteiger charge is 2.27. The van der Waals surface area contributed by atoms with E-state index >= 15 is 0 Å². The van der Waals surface area contributed by atoms with Crippen molar-refractivity contribution in [3.05, 3.63) is 65.2 Å². The van der Waals surface area contributed by atoms with Crippen LogP contribution in [0.2, 0.25) is 5.02 Å². The summed E-state index contributed by atoms with van der Waals surface area (Å²) in [5.41, 5.74) is 1.16. The molecule has 0 radical (unpaired) electrons. The molecule has 0 aliphatic heterocycles. The van der Waals surface area contributed by atoms with Gasteiger partial charge in [-0.15, -0.1) is 11.8 Å². The van der Waals surface area contributed by atoms with Crippen LogP contribution in [0.1, 0.15) is 32.3 Å². The Labute approximate surface area is 183 Å². The smallest absolute Gasteiger partial charge is 0.242 e. The molecule has 29 heavy (non-hydrogen) atoms. The van der Waals surface area contributed by atoms with Crippen LogP contribution in [0.5, 0.6) is 0 Å². The Hall–Kier alpha value is -1.98. The predicted octanol–water partition coefficient (Wildman–Crippen LogP) is 4.81. The van der Waals surface area contributed by atoms with Crippen molar-refractivity contribution >= 4 is 35.2 Å². The summed E-state index contributed by atoms with van der Waals surface area (Å²) in [7, 11) is 0. The first-order chi connectivity index (χ1) is 14.0. The van der Waals surface area contributed by atoms with Crippen molar-refractivity contribution in [2.45, 2.75) is 44.0 Å². The number of amides is 2. The molecule has 0 heterocycles. The Kier molecular flexibility index (Phi) is 10.1. The number of rotatable bonds is 11. The van der Waals surface area contributed by atoms with Gasteiger partial charge >= 0.3 is 0 Å². The molecule has 0 unspecified atom stereocenters. The average Bonchev–Trinajstić information content (AvgIpc) is 2.73. The van der Waals surface area contributed by atoms with Crippen molar-refractivity contribution < 1.29 is 9.59 Å². The quantitative estimate of drug-likeness (QED) is 0.518. The molecule has 0 bridgehead atoms. The van der Waals surface area contributed by atoms with Crippen LogP contribution >= 0.6 is 23.4 Å². The fraction of sp³-hybridized carbons (Fsp3) is 0.391. The molecule has 156 valence electrons. The van der Waals surface area contributed by atoms with Crippen molar-refractivity contribution in [2.24, 2.45) is 0 Å². The van der Waals surface area contributed by atoms with Gasteiger partial charge in [-0.05, 0) is 49.6 Å². The van der Waals surface area contributed by atoms with E-state index in [4.69, 9.17) is 11.6 Å². The molecule has 0 aliphatic rings. The minimum absolute atomic E-state index is 0.0143. The summed E-state index contributed by atoms with van der Waals surface area (Å²) >= 11 is 7.54. The van der Waals surface area contributed by atoms with Gasteiger partial charge in [0.1, 0.15) is 6.04 Å². The lowest BCUT2D eigenvalue weighted by Gasteiger charge is -2.30. The molecule has 4 nitrogen and oxygen atoms in total. The van der Waals surface area contributed by atoms with Crippen LogP contribution in [0, 0.1) is 0 Å². The number of nitrogens with zero attached hydrogens (tertiary/aromatic N) is 1. The Morgan fingerprint density at radius 3 is 2.38 bits per heavy atom. The van der Waals surface area contributed by atoms with Crippen LogP contribution in [0.3, 0.4) is 0 Å². The molecular formula is C23H29ClN2O2S. The van der Waals surface area contributed by atoms with Gasteiger partial charge in [0.15, 0.2) is 0 Å². The number of hydrogen-bond acceptors (Lipinski definition) is 3. The van der Waals surface area contributed by atoms with E-state index in [9.17, 15) is 9.59 Å². The molecule has 2 rings (SSSR count). The van der Waals surface area contributed by atoms with Gasteiger partial charge < -0.3 is 10.2 Å². The van der Waals surface area contributed by atoms with Gasteiger partial charge in [0.25, 0.3) is 0 Å². The number of carbonyl (C=O) groups is 2. The summed E-state index contributed by atoms with van der Waals surface area (Å²) in [5.74, 6) is 0.593. The van der Waals surface area contributed by atoms with Gasteiger partial charge in [-0.1, -0.05) is 48.9 Å². The van der Waals surface area contributed by atoms with Gasteiger partial charge in [0, 0.05) is 35.2 Å². The Morgan fingerprint density at radius 1 is 1.07 bits per heavy atom. The van der Waals surface area contributed by atoms with Gasteiger partial charge in [0.2, 0.25) is 11.8 Å². The zero-order valence-electron chi connectivity index (χ0n) is 17.1. The highest BCUT2D eigenvalue weighted by molar-refractivity contribution is 7.99. The molecule has 0 saturated heterocycles. The summed E-state index contributed by atoms with van der Waals surface area (Å²) < 4.78 is 0. The molecular weight excluding hydrogens is 404 g/mol. The van der Waals surface area contributed by atoms with Crippen LogP contribution in [-0.4, -0.2) is 41.6 Å². The third-order valence-electron chi connectivity index (χ3n) is 4.62. The minimum Gasteiger partial charge on any atom is -0.355 e. The topological polar surface area (TPSA) is 49.4 Å². The standard InChI is InChI=1S/C23H29ClN2O2S/c1-3-21(23(28)25-4-2)26(16-14-18-8-6-5-7-9-18)22(27)15-17-29-20-12-10-19(24)11-13-20/h5-13,21H,3-4,14-17H2,1-2H3,(H,25,28)/t21-/m1/s1. The second-order valence-electron chi connectivity index (χ2n) is 6.69. The highest BCUT2D eigenvalue weighted by Crippen LogP contribution is 2.21. The van der Waals surface area contributed by atoms with Gasteiger partial charge in [0.05, 0.1) is 0 Å². The maximum Gasteiger partial charge on any atom is 0.242 e. The second kappa shape index (κ2) is 12.6. The highest BCUT2D eigenvalue weighted by atomic mass is 35.5. The molecule has 0 fully saturated rings. The summed E-state index contributed by atoms with van der Waals surface area (Å²) in [4.78, 5) is 28.4. The lowest BCUT2D eigenvalue weighted by molar-refractivity contribution is -0.140. The van der Waals surface area contributed by atoms with Crippen molar-refractivity contribution in [2.75, 3.05) is 18.8 Å². The number of likely N-dealkylation sites (N-methyl/N-ethyl adjacent to an activating group) is 1. The van der Waals surface area contributed by atoms with Gasteiger partial charge in [-0.3, -0.25) is 9.59 Å². The monoisotopic (exact) mass is 432 g/mol. The molecule has 2 aromatic carbocycles. The van der Waals surface area contributed by atoms with Crippen LogP contribution in [0.25, 0.3) is 0 Å². The molecule has 2 amide bonds. The van der Waals surface area contributed by atoms with Crippen LogP contribution in [-0.2, 0) is 16.0 Å². The minimum atomic E-state index is -0.438. The normalized spacial score (nSPS) is 11.7. The summed E-state index contributed by atoms with van der Waals surface area (Å²) in [6.45, 7) is 4.93. The number of nitrogens with one attached hydrogen (secondary N) is 1. The van der Waals surface area contributed by atoms with E-state index in [1.165, 1.54) is 0 Å². The molecule has 2 aromatic rings. The van der Waals surface area contributed by atoms with E-state index in [0.29, 0.717) is 36.7 Å². The van der Waals surface area contributed by atoms with Crippen molar-refractivity contribution in [1.82, 2.24) is 10.2 Å². The molecule has 1 atom stereocenters. The van der Waals surface area contributed by atoms with E-state index < -0.39 is 6.04 Å². The fourth-order valence-corrected chi connectivity index (χ4v) is 4.09. The molecule has 0 aromatic heterocycles. The molecule has 1 N–H and O–H groups in total. The van der Waals surface area contributed by atoms with Gasteiger partial charge in [-0.25, -0.2) is 0 Å². The summed E-state index contributed by atoms with van der Waals surface area (Å²) in [6.07, 6.45) is 1.71. The first kappa shape index (κ1) is 23.3. The Morgan fingerprint density at radius 2 is 1.76 bits per heavy atom. The maximum absolute atomic E-state index is 13.0. The summed E-state index contributed by atoms with van der Waals surface area (Å²) in [5, 5.41) is 3.57. The van der Waals surface area contributed by atoms with Crippen molar-refractivity contribution in [3.8, 4) is 0 Å². The first-order valence-corrected chi connectivity index (χ1v) is 11.4. The fourth-order valence-electron chi connectivity index (χ4n) is 3.12. The van der Waals surface area contributed by atoms with Crippen molar-refractivity contribution in [3.63, 3.8) is 0 Å². The van der Waals surface area contributed by atoms with Crippen molar-refractivity contribution in [1.29, 1.82) is 0 Å². The van der Waals surface area contributed by atoms with E-state index in [0.717, 1.165) is 16.9 Å². The average molecular weight is 433 g/mol. The first-order valence-electron chi connectivity index (χ1n) is 10.0. The number of benzene rings is 2. The Balaban J connectivity index is 2.02. The maximum atomic E-state index is 13.0. The number of hydrogen-bond donors (Lipinski definition) is 1. The van der Waals surface area contributed by atoms with Gasteiger partial charge in [-0.2, -0.15) is 0 Å². The molecule has 0 saturated carbocycles. The van der Waals surface area contributed by atoms with E-state index in [2.05, 4.69) is 5.32 Å². The Bertz CT molecular complexity index is 768. The van der Waals surface area contributed by atoms with E-state index in [1.807, 2.05) is 68.4 Å². The molecule has 6 heteroatoms. The summed E-state index contributed by atoms with van der Waals surface area (Å²) in [6, 6.07) is 17.2. The third-order valence-corrected chi connectivity index (χ3v) is 5.89. The van der Waals surface area contributed by atoms with Crippen LogP contribution in [0.4, 0.5) is 0 Å². The molecule has 0 spiro atoms.